The van der Waals surface area contributed by atoms with E-state index in [1.165, 1.54) is 0 Å². The second-order valence-corrected chi connectivity index (χ2v) is 7.79. The molecule has 0 aliphatic rings. The molecule has 0 aliphatic heterocycles. The van der Waals surface area contributed by atoms with Crippen LogP contribution in [0.3, 0.4) is 0 Å². The van der Waals surface area contributed by atoms with Gasteiger partial charge in [0.05, 0.1) is 17.8 Å². The van der Waals surface area contributed by atoms with Crippen LogP contribution in [0.5, 0.6) is 5.75 Å². The Labute approximate surface area is 171 Å². The van der Waals surface area contributed by atoms with E-state index < -0.39 is 5.97 Å². The Hall–Kier alpha value is -3.11. The van der Waals surface area contributed by atoms with Crippen molar-refractivity contribution in [1.82, 2.24) is 0 Å². The highest BCUT2D eigenvalue weighted by Crippen LogP contribution is 2.26. The second-order valence-electron chi connectivity index (χ2n) is 7.79. The number of aromatic carboxylic acids is 1. The van der Waals surface area contributed by atoms with Crippen LogP contribution < -0.4 is 4.74 Å². The predicted molar refractivity (Wildman–Crippen MR) is 115 cm³/mol. The molecule has 0 saturated carbocycles. The van der Waals surface area contributed by atoms with Gasteiger partial charge in [-0.05, 0) is 67.3 Å². The van der Waals surface area contributed by atoms with E-state index in [-0.39, 0.29) is 11.2 Å². The van der Waals surface area contributed by atoms with Crippen molar-refractivity contribution in [2.45, 2.75) is 26.4 Å². The molecule has 150 valence electrons. The third-order valence-corrected chi connectivity index (χ3v) is 4.42. The fourth-order valence-electron chi connectivity index (χ4n) is 2.91. The Bertz CT molecular complexity index is 934. The number of rotatable bonds is 7. The quantitative estimate of drug-likeness (QED) is 0.509. The van der Waals surface area contributed by atoms with E-state index in [4.69, 9.17) is 14.6 Å². The first-order chi connectivity index (χ1) is 13.8. The number of carboxylic acid groups (broad SMARTS) is 1. The maximum absolute atomic E-state index is 11.0. The second kappa shape index (κ2) is 8.93. The van der Waals surface area contributed by atoms with E-state index in [1.807, 2.05) is 69.3 Å². The minimum Gasteiger partial charge on any atom is -0.491 e. The fourth-order valence-corrected chi connectivity index (χ4v) is 2.91. The van der Waals surface area contributed by atoms with E-state index in [9.17, 15) is 4.79 Å². The Morgan fingerprint density at radius 3 is 1.55 bits per heavy atom. The predicted octanol–water partition coefficient (Wildman–Crippen LogP) is 5.91. The highest BCUT2D eigenvalue weighted by atomic mass is 16.5. The number of hydrogen-bond donors (Lipinski definition) is 1. The molecule has 1 N–H and O–H groups in total. The zero-order valence-electron chi connectivity index (χ0n) is 17.0. The molecule has 4 heteroatoms. The van der Waals surface area contributed by atoms with Gasteiger partial charge in [0.1, 0.15) is 12.4 Å². The fraction of sp³-hybridized carbons (Fsp3) is 0.240. The van der Waals surface area contributed by atoms with Crippen molar-refractivity contribution in [2.75, 3.05) is 13.2 Å². The van der Waals surface area contributed by atoms with E-state index in [0.717, 1.165) is 28.0 Å². The maximum Gasteiger partial charge on any atom is 0.335 e. The monoisotopic (exact) mass is 390 g/mol. The summed E-state index contributed by atoms with van der Waals surface area (Å²) in [6.45, 7) is 7.15. The average Bonchev–Trinajstić information content (AvgIpc) is 2.71. The lowest BCUT2D eigenvalue weighted by Gasteiger charge is -2.19. The maximum atomic E-state index is 11.0. The van der Waals surface area contributed by atoms with Crippen LogP contribution in [0, 0.1) is 0 Å². The number of ether oxygens (including phenoxy) is 2. The van der Waals surface area contributed by atoms with Crippen LogP contribution in [-0.4, -0.2) is 29.9 Å². The largest absolute Gasteiger partial charge is 0.491 e. The Morgan fingerprint density at radius 2 is 1.14 bits per heavy atom. The third kappa shape index (κ3) is 5.93. The van der Waals surface area contributed by atoms with Crippen LogP contribution in [0.25, 0.3) is 22.3 Å². The van der Waals surface area contributed by atoms with Crippen molar-refractivity contribution in [3.63, 3.8) is 0 Å². The normalized spacial score (nSPS) is 11.3. The summed E-state index contributed by atoms with van der Waals surface area (Å²) in [4.78, 5) is 11.0. The lowest BCUT2D eigenvalue weighted by molar-refractivity contribution is -0.0163. The summed E-state index contributed by atoms with van der Waals surface area (Å²) in [5, 5.41) is 9.01. The van der Waals surface area contributed by atoms with Gasteiger partial charge in [-0.3, -0.25) is 0 Å². The Morgan fingerprint density at radius 1 is 0.724 bits per heavy atom. The first-order valence-electron chi connectivity index (χ1n) is 9.63. The van der Waals surface area contributed by atoms with Gasteiger partial charge in [0.2, 0.25) is 0 Å². The highest BCUT2D eigenvalue weighted by Gasteiger charge is 2.09. The molecule has 0 unspecified atom stereocenters. The molecule has 29 heavy (non-hydrogen) atoms. The SMILES string of the molecule is CC(C)(C)OCCOc1ccc(-c2ccc(-c3ccc(C(=O)O)cc3)cc2)cc1. The molecule has 0 saturated heterocycles. The summed E-state index contributed by atoms with van der Waals surface area (Å²) in [6, 6.07) is 23.1. The molecule has 0 amide bonds. The first-order valence-corrected chi connectivity index (χ1v) is 9.63. The molecule has 4 nitrogen and oxygen atoms in total. The zero-order chi connectivity index (χ0) is 20.9. The molecule has 0 atom stereocenters. The van der Waals surface area contributed by atoms with Crippen LogP contribution >= 0.6 is 0 Å². The van der Waals surface area contributed by atoms with E-state index >= 15 is 0 Å². The van der Waals surface area contributed by atoms with Gasteiger partial charge in [0.15, 0.2) is 0 Å². The van der Waals surface area contributed by atoms with E-state index in [1.54, 1.807) is 12.1 Å². The summed E-state index contributed by atoms with van der Waals surface area (Å²) in [7, 11) is 0. The third-order valence-electron chi connectivity index (χ3n) is 4.42. The summed E-state index contributed by atoms with van der Waals surface area (Å²) in [5.41, 5.74) is 4.39. The van der Waals surface area contributed by atoms with Crippen LogP contribution in [0.4, 0.5) is 0 Å². The molecule has 3 aromatic carbocycles. The number of hydrogen-bond acceptors (Lipinski definition) is 3. The standard InChI is InChI=1S/C25H26O4/c1-25(2,3)29-17-16-28-23-14-12-21(13-15-23)19-6-4-18(5-7-19)20-8-10-22(11-9-20)24(26)27/h4-15H,16-17H2,1-3H3,(H,26,27). The Kier molecular flexibility index (Phi) is 6.35. The zero-order valence-corrected chi connectivity index (χ0v) is 17.0. The smallest absolute Gasteiger partial charge is 0.335 e. The van der Waals surface area contributed by atoms with Crippen molar-refractivity contribution < 1.29 is 19.4 Å². The van der Waals surface area contributed by atoms with Crippen molar-refractivity contribution in [3.8, 4) is 28.0 Å². The average molecular weight is 390 g/mol. The van der Waals surface area contributed by atoms with Gasteiger partial charge in [-0.25, -0.2) is 4.79 Å². The van der Waals surface area contributed by atoms with Crippen molar-refractivity contribution in [3.05, 3.63) is 78.4 Å². The topological polar surface area (TPSA) is 55.8 Å². The molecular weight excluding hydrogens is 364 g/mol. The summed E-state index contributed by atoms with van der Waals surface area (Å²) in [5.74, 6) is -0.0950. The Balaban J connectivity index is 1.61. The van der Waals surface area contributed by atoms with E-state index in [0.29, 0.717) is 13.2 Å². The molecule has 0 aromatic heterocycles. The van der Waals surface area contributed by atoms with Crippen LogP contribution in [0.2, 0.25) is 0 Å². The molecule has 0 fully saturated rings. The van der Waals surface area contributed by atoms with Crippen molar-refractivity contribution in [2.24, 2.45) is 0 Å². The van der Waals surface area contributed by atoms with Gasteiger partial charge in [-0.15, -0.1) is 0 Å². The highest BCUT2D eigenvalue weighted by molar-refractivity contribution is 5.88. The number of benzene rings is 3. The minimum atomic E-state index is -0.916. The van der Waals surface area contributed by atoms with Crippen LogP contribution in [0.1, 0.15) is 31.1 Å². The number of carbonyl (C=O) groups is 1. The molecule has 0 bridgehead atoms. The van der Waals surface area contributed by atoms with Gasteiger partial charge >= 0.3 is 5.97 Å². The first kappa shape index (κ1) is 20.6. The summed E-state index contributed by atoms with van der Waals surface area (Å²) >= 11 is 0. The number of carboxylic acids is 1. The van der Waals surface area contributed by atoms with Gasteiger partial charge in [-0.2, -0.15) is 0 Å². The molecule has 0 aliphatic carbocycles. The van der Waals surface area contributed by atoms with Crippen LogP contribution in [-0.2, 0) is 4.74 Å². The van der Waals surface area contributed by atoms with Gasteiger partial charge < -0.3 is 14.6 Å². The van der Waals surface area contributed by atoms with Gasteiger partial charge in [-0.1, -0.05) is 48.5 Å². The molecule has 0 spiro atoms. The molecule has 3 rings (SSSR count). The lowest BCUT2D eigenvalue weighted by atomic mass is 9.99. The molecule has 0 radical (unpaired) electrons. The van der Waals surface area contributed by atoms with Gasteiger partial charge in [0.25, 0.3) is 0 Å². The molecule has 3 aromatic rings. The van der Waals surface area contributed by atoms with E-state index in [2.05, 4.69) is 12.1 Å². The minimum absolute atomic E-state index is 0.155. The summed E-state index contributed by atoms with van der Waals surface area (Å²) < 4.78 is 11.4. The lowest BCUT2D eigenvalue weighted by Crippen LogP contribution is -2.22. The molecular formula is C25H26O4. The van der Waals surface area contributed by atoms with Crippen molar-refractivity contribution in [1.29, 1.82) is 0 Å². The molecule has 0 heterocycles. The summed E-state index contributed by atoms with van der Waals surface area (Å²) in [6.07, 6.45) is 0. The van der Waals surface area contributed by atoms with Crippen LogP contribution in [0.15, 0.2) is 72.8 Å². The van der Waals surface area contributed by atoms with Crippen molar-refractivity contribution >= 4 is 5.97 Å². The van der Waals surface area contributed by atoms with Gasteiger partial charge in [0, 0.05) is 0 Å².